The molecule has 10 nitrogen and oxygen atoms in total. The van der Waals surface area contributed by atoms with Gasteiger partial charge in [-0.05, 0) is 60.6 Å². The van der Waals surface area contributed by atoms with Crippen molar-refractivity contribution in [1.29, 1.82) is 0 Å². The van der Waals surface area contributed by atoms with E-state index in [1.165, 1.54) is 0 Å². The first kappa shape index (κ1) is 20.3. The molecule has 2 saturated heterocycles. The van der Waals surface area contributed by atoms with Crippen LogP contribution in [-0.4, -0.2) is 58.2 Å². The fraction of sp³-hybridized carbons (Fsp3) is 0.435. The summed E-state index contributed by atoms with van der Waals surface area (Å²) in [6.45, 7) is 5.42. The number of quaternary nitrogens is 1. The highest BCUT2D eigenvalue weighted by Gasteiger charge is 2.51. The lowest BCUT2D eigenvalue weighted by Gasteiger charge is -2.42. The van der Waals surface area contributed by atoms with Crippen LogP contribution in [0.2, 0.25) is 0 Å². The third kappa shape index (κ3) is 3.05. The van der Waals surface area contributed by atoms with Crippen molar-refractivity contribution >= 4 is 41.2 Å². The number of piperidine rings is 1. The van der Waals surface area contributed by atoms with Crippen molar-refractivity contribution in [2.45, 2.75) is 50.5 Å². The summed E-state index contributed by atoms with van der Waals surface area (Å²) in [4.78, 5) is 33.1. The Kier molecular flexibility index (Phi) is 4.18. The minimum atomic E-state index is -0.541. The monoisotopic (exact) mass is 447 g/mol. The molecule has 3 N–H and O–H groups in total. The molecule has 5 aliphatic rings. The minimum absolute atomic E-state index is 0.00240. The Labute approximate surface area is 191 Å². The lowest BCUT2D eigenvalue weighted by Crippen LogP contribution is -2.62. The second-order valence-corrected chi connectivity index (χ2v) is 9.87. The molecule has 33 heavy (non-hydrogen) atoms. The zero-order valence-corrected chi connectivity index (χ0v) is 18.8. The van der Waals surface area contributed by atoms with Crippen LogP contribution >= 0.6 is 0 Å². The van der Waals surface area contributed by atoms with E-state index in [1.54, 1.807) is 12.4 Å². The smallest absolute Gasteiger partial charge is 0.301 e. The topological polar surface area (TPSA) is 111 Å². The minimum Gasteiger partial charge on any atom is -0.351 e. The van der Waals surface area contributed by atoms with E-state index in [1.807, 2.05) is 38.2 Å². The molecule has 1 unspecified atom stereocenters. The highest BCUT2D eigenvalue weighted by Crippen LogP contribution is 2.39. The first-order valence-corrected chi connectivity index (χ1v) is 11.4. The molecule has 10 heteroatoms. The fourth-order valence-corrected chi connectivity index (χ4v) is 5.40. The number of carbonyl (C=O) groups excluding carboxylic acids is 2. The van der Waals surface area contributed by atoms with Crippen molar-refractivity contribution in [2.24, 2.45) is 15.1 Å². The molecule has 2 fully saturated rings. The van der Waals surface area contributed by atoms with E-state index in [9.17, 15) is 9.59 Å². The fourth-order valence-electron chi connectivity index (χ4n) is 5.40. The van der Waals surface area contributed by atoms with Crippen molar-refractivity contribution in [3.05, 3.63) is 36.2 Å². The zero-order valence-electron chi connectivity index (χ0n) is 18.8. The molecular weight excluding hydrogens is 420 g/mol. The number of benzene rings is 1. The second-order valence-electron chi connectivity index (χ2n) is 9.87. The van der Waals surface area contributed by atoms with E-state index < -0.39 is 5.41 Å². The maximum atomic E-state index is 12.3. The molecule has 0 aromatic heterocycles. The third-order valence-electron chi connectivity index (χ3n) is 7.48. The third-order valence-corrected chi connectivity index (χ3v) is 7.48. The highest BCUT2D eigenvalue weighted by molar-refractivity contribution is 6.30. The number of rotatable bonds is 2. The Morgan fingerprint density at radius 2 is 1.97 bits per heavy atom. The van der Waals surface area contributed by atoms with Gasteiger partial charge in [-0.3, -0.25) is 14.6 Å². The first-order valence-electron chi connectivity index (χ1n) is 11.4. The van der Waals surface area contributed by atoms with Gasteiger partial charge in [0.1, 0.15) is 6.21 Å². The van der Waals surface area contributed by atoms with Crippen molar-refractivity contribution in [3.8, 4) is 0 Å². The highest BCUT2D eigenvalue weighted by atomic mass is 16.2. The van der Waals surface area contributed by atoms with Gasteiger partial charge in [0.15, 0.2) is 6.20 Å². The molecule has 1 aromatic rings. The van der Waals surface area contributed by atoms with E-state index in [4.69, 9.17) is 10.1 Å². The second kappa shape index (κ2) is 6.82. The number of nitrogens with one attached hydrogen (secondary N) is 3. The van der Waals surface area contributed by atoms with Crippen LogP contribution in [0.1, 0.15) is 45.1 Å². The summed E-state index contributed by atoms with van der Waals surface area (Å²) in [5.41, 5.74) is 1.98. The van der Waals surface area contributed by atoms with Gasteiger partial charge < -0.3 is 16.0 Å². The van der Waals surface area contributed by atoms with E-state index in [2.05, 4.69) is 26.0 Å². The Morgan fingerprint density at radius 3 is 2.73 bits per heavy atom. The SMILES string of the molecule is CC1(C)C(=O)Nc2cc(NC3=N[N+]4(N5CCC6(CCC(=O)N6)CC5)C=CN=CC4=N3)ccc21. The number of guanidine groups is 1. The molecule has 1 atom stereocenters. The molecular formula is C23H27N8O2+. The van der Waals surface area contributed by atoms with Gasteiger partial charge in [-0.25, -0.2) is 0 Å². The van der Waals surface area contributed by atoms with Crippen LogP contribution in [-0.2, 0) is 15.0 Å². The molecule has 0 aliphatic carbocycles. The first-order chi connectivity index (χ1) is 15.8. The van der Waals surface area contributed by atoms with Gasteiger partial charge in [0, 0.05) is 23.3 Å². The molecule has 6 rings (SSSR count). The Hall–Kier alpha value is -3.37. The van der Waals surface area contributed by atoms with Crippen LogP contribution in [0.3, 0.4) is 0 Å². The number of hydrogen-bond donors (Lipinski definition) is 3. The van der Waals surface area contributed by atoms with Crippen LogP contribution in [0.5, 0.6) is 0 Å². The Bertz CT molecular complexity index is 1190. The normalized spacial score (nSPS) is 28.8. The summed E-state index contributed by atoms with van der Waals surface area (Å²) in [5, 5.41) is 16.7. The zero-order chi connectivity index (χ0) is 22.8. The van der Waals surface area contributed by atoms with Crippen molar-refractivity contribution in [1.82, 2.24) is 10.3 Å². The number of nitrogens with zero attached hydrogens (tertiary/aromatic N) is 5. The van der Waals surface area contributed by atoms with Crippen molar-refractivity contribution in [3.63, 3.8) is 0 Å². The van der Waals surface area contributed by atoms with Gasteiger partial charge in [-0.2, -0.15) is 0 Å². The standard InChI is InChI=1S/C23H26N8O2/c1-22(2)16-4-3-15(13-17(16)26-20(22)33)25-21-27-18-14-24-9-12-31(18,29-21)30-10-7-23(8-11-30)6-5-19(32)28-23/h3-4,9,12-14H,5-8,10-11H2,1-2H3,(H2-,25,26,28,29,32,33)/p+1. The van der Waals surface area contributed by atoms with E-state index >= 15 is 0 Å². The summed E-state index contributed by atoms with van der Waals surface area (Å²) < 4.78 is 0.143. The average molecular weight is 448 g/mol. The summed E-state index contributed by atoms with van der Waals surface area (Å²) >= 11 is 0. The Morgan fingerprint density at radius 1 is 1.15 bits per heavy atom. The summed E-state index contributed by atoms with van der Waals surface area (Å²) in [6.07, 6.45) is 8.71. The van der Waals surface area contributed by atoms with Gasteiger partial charge in [-0.1, -0.05) is 6.07 Å². The molecule has 1 spiro atoms. The lowest BCUT2D eigenvalue weighted by molar-refractivity contribution is -0.918. The van der Waals surface area contributed by atoms with E-state index in [0.717, 1.165) is 55.1 Å². The quantitative estimate of drug-likeness (QED) is 0.603. The number of carbonyl (C=O) groups is 2. The number of anilines is 2. The van der Waals surface area contributed by atoms with Crippen LogP contribution in [0.15, 0.2) is 45.7 Å². The summed E-state index contributed by atoms with van der Waals surface area (Å²) in [6, 6.07) is 5.84. The maximum absolute atomic E-state index is 12.3. The number of amidine groups is 1. The van der Waals surface area contributed by atoms with Gasteiger partial charge >= 0.3 is 5.84 Å². The van der Waals surface area contributed by atoms with Crippen LogP contribution in [0, 0.1) is 0 Å². The number of amides is 2. The van der Waals surface area contributed by atoms with Crippen LogP contribution in [0.4, 0.5) is 11.4 Å². The predicted octanol–water partition coefficient (Wildman–Crippen LogP) is 2.04. The number of hydrogen-bond acceptors (Lipinski definition) is 7. The summed E-state index contributed by atoms with van der Waals surface area (Å²) in [7, 11) is 0. The maximum Gasteiger partial charge on any atom is 0.301 e. The van der Waals surface area contributed by atoms with Crippen LogP contribution < -0.4 is 16.0 Å². The molecule has 0 radical (unpaired) electrons. The molecule has 0 saturated carbocycles. The summed E-state index contributed by atoms with van der Waals surface area (Å²) in [5.74, 6) is 1.36. The average Bonchev–Trinajstić information content (AvgIpc) is 3.41. The molecule has 1 aromatic carbocycles. The largest absolute Gasteiger partial charge is 0.351 e. The molecule has 5 aliphatic heterocycles. The Balaban J connectivity index is 1.24. The molecule has 2 amide bonds. The van der Waals surface area contributed by atoms with E-state index in [-0.39, 0.29) is 22.1 Å². The van der Waals surface area contributed by atoms with Crippen LogP contribution in [0.25, 0.3) is 0 Å². The van der Waals surface area contributed by atoms with Crippen molar-refractivity contribution in [2.75, 3.05) is 23.7 Å². The molecule has 170 valence electrons. The van der Waals surface area contributed by atoms with E-state index in [0.29, 0.717) is 12.4 Å². The van der Waals surface area contributed by atoms with Crippen molar-refractivity contribution < 1.29 is 14.3 Å². The van der Waals surface area contributed by atoms with Gasteiger partial charge in [0.05, 0.1) is 24.7 Å². The number of aliphatic imine (C=N–C) groups is 2. The molecule has 5 heterocycles. The van der Waals surface area contributed by atoms with Gasteiger partial charge in [-0.15, -0.1) is 10.0 Å². The van der Waals surface area contributed by atoms with Gasteiger partial charge in [0.2, 0.25) is 11.8 Å². The molecule has 0 bridgehead atoms. The van der Waals surface area contributed by atoms with Gasteiger partial charge in [0.25, 0.3) is 5.96 Å². The predicted molar refractivity (Wildman–Crippen MR) is 125 cm³/mol. The lowest BCUT2D eigenvalue weighted by atomic mass is 9.86. The number of fused-ring (bicyclic) bond motifs is 2.